The van der Waals surface area contributed by atoms with Gasteiger partial charge in [0, 0.05) is 0 Å². The molecule has 1 saturated carbocycles. The van der Waals surface area contributed by atoms with Crippen LogP contribution in [0.15, 0.2) is 30.5 Å². The first-order chi connectivity index (χ1) is 10.2. The molecule has 0 atom stereocenters. The van der Waals surface area contributed by atoms with Gasteiger partial charge in [-0.1, -0.05) is 12.1 Å². The second kappa shape index (κ2) is 6.08. The molecule has 0 N–H and O–H groups in total. The van der Waals surface area contributed by atoms with Gasteiger partial charge in [0.1, 0.15) is 12.4 Å². The van der Waals surface area contributed by atoms with E-state index < -0.39 is 0 Å². The smallest absolute Gasteiger partial charge is 0.317 e. The van der Waals surface area contributed by atoms with E-state index in [1.54, 1.807) is 7.11 Å². The standard InChI is InChI=1S/C16H17FN2O2/c1-20-13-4-2-3-12(7-13)10-21-16-18-9-14(17)15(19-16)8-11-5-6-11/h2-4,7,9,11H,5-6,8,10H2,1H3. The summed E-state index contributed by atoms with van der Waals surface area (Å²) in [6.45, 7) is 0.325. The largest absolute Gasteiger partial charge is 0.497 e. The van der Waals surface area contributed by atoms with Crippen LogP contribution in [0.25, 0.3) is 0 Å². The Balaban J connectivity index is 1.66. The predicted octanol–water partition coefficient (Wildman–Crippen LogP) is 3.16. The van der Waals surface area contributed by atoms with Crippen LogP contribution in [-0.4, -0.2) is 17.1 Å². The van der Waals surface area contributed by atoms with Gasteiger partial charge in [-0.2, -0.15) is 4.98 Å². The molecule has 4 nitrogen and oxygen atoms in total. The molecule has 1 aliphatic carbocycles. The van der Waals surface area contributed by atoms with Gasteiger partial charge in [-0.05, 0) is 42.9 Å². The quantitative estimate of drug-likeness (QED) is 0.819. The van der Waals surface area contributed by atoms with Crippen molar-refractivity contribution in [3.05, 3.63) is 47.5 Å². The molecule has 1 aliphatic rings. The van der Waals surface area contributed by atoms with E-state index >= 15 is 0 Å². The van der Waals surface area contributed by atoms with Crippen LogP contribution in [-0.2, 0) is 13.0 Å². The summed E-state index contributed by atoms with van der Waals surface area (Å²) < 4.78 is 24.3. The van der Waals surface area contributed by atoms with Crippen LogP contribution in [0.3, 0.4) is 0 Å². The molecular formula is C16H17FN2O2. The van der Waals surface area contributed by atoms with Gasteiger partial charge in [-0.15, -0.1) is 0 Å². The predicted molar refractivity (Wildman–Crippen MR) is 75.7 cm³/mol. The number of ether oxygens (including phenoxy) is 2. The molecule has 5 heteroatoms. The molecule has 2 aromatic rings. The second-order valence-corrected chi connectivity index (χ2v) is 5.23. The average Bonchev–Trinajstić information content (AvgIpc) is 3.32. The molecule has 3 rings (SSSR count). The molecule has 1 heterocycles. The fraction of sp³-hybridized carbons (Fsp3) is 0.375. The van der Waals surface area contributed by atoms with E-state index in [-0.39, 0.29) is 11.8 Å². The summed E-state index contributed by atoms with van der Waals surface area (Å²) in [6, 6.07) is 7.79. The minimum Gasteiger partial charge on any atom is -0.497 e. The lowest BCUT2D eigenvalue weighted by molar-refractivity contribution is 0.277. The van der Waals surface area contributed by atoms with Crippen molar-refractivity contribution in [2.75, 3.05) is 7.11 Å². The Hall–Kier alpha value is -2.17. The van der Waals surface area contributed by atoms with E-state index in [0.717, 1.165) is 24.2 Å². The van der Waals surface area contributed by atoms with E-state index in [0.29, 0.717) is 24.6 Å². The van der Waals surface area contributed by atoms with Crippen LogP contribution in [0.1, 0.15) is 24.1 Å². The number of aromatic nitrogens is 2. The number of hydrogen-bond donors (Lipinski definition) is 0. The topological polar surface area (TPSA) is 44.2 Å². The summed E-state index contributed by atoms with van der Waals surface area (Å²) in [5.74, 6) is 0.988. The van der Waals surface area contributed by atoms with Gasteiger partial charge in [0.05, 0.1) is 19.0 Å². The Kier molecular flexibility index (Phi) is 3.99. The first kappa shape index (κ1) is 13.8. The fourth-order valence-electron chi connectivity index (χ4n) is 2.10. The van der Waals surface area contributed by atoms with Crippen LogP contribution in [0.5, 0.6) is 11.8 Å². The number of hydrogen-bond acceptors (Lipinski definition) is 4. The van der Waals surface area contributed by atoms with E-state index in [1.165, 1.54) is 6.20 Å². The number of benzene rings is 1. The highest BCUT2D eigenvalue weighted by Gasteiger charge is 2.24. The minimum atomic E-state index is -0.351. The van der Waals surface area contributed by atoms with Crippen molar-refractivity contribution in [3.63, 3.8) is 0 Å². The normalized spacial score (nSPS) is 14.0. The van der Waals surface area contributed by atoms with Gasteiger partial charge in [0.25, 0.3) is 0 Å². The van der Waals surface area contributed by atoms with Crippen molar-refractivity contribution in [1.82, 2.24) is 9.97 Å². The van der Waals surface area contributed by atoms with Crippen LogP contribution in [0, 0.1) is 11.7 Å². The van der Waals surface area contributed by atoms with E-state index in [2.05, 4.69) is 9.97 Å². The summed E-state index contributed by atoms with van der Waals surface area (Å²) in [5.41, 5.74) is 1.40. The molecule has 1 aromatic heterocycles. The Bertz CT molecular complexity index is 629. The number of halogens is 1. The molecule has 21 heavy (non-hydrogen) atoms. The highest BCUT2D eigenvalue weighted by Crippen LogP contribution is 2.32. The maximum Gasteiger partial charge on any atom is 0.317 e. The average molecular weight is 288 g/mol. The maximum absolute atomic E-state index is 13.6. The molecule has 110 valence electrons. The highest BCUT2D eigenvalue weighted by molar-refractivity contribution is 5.28. The van der Waals surface area contributed by atoms with Crippen molar-refractivity contribution in [1.29, 1.82) is 0 Å². The van der Waals surface area contributed by atoms with Gasteiger partial charge >= 0.3 is 6.01 Å². The first-order valence-corrected chi connectivity index (χ1v) is 7.02. The zero-order valence-corrected chi connectivity index (χ0v) is 11.9. The Morgan fingerprint density at radius 2 is 2.19 bits per heavy atom. The summed E-state index contributed by atoms with van der Waals surface area (Å²) in [6.07, 6.45) is 4.17. The Morgan fingerprint density at radius 1 is 1.33 bits per heavy atom. The van der Waals surface area contributed by atoms with Crippen LogP contribution < -0.4 is 9.47 Å². The fourth-order valence-corrected chi connectivity index (χ4v) is 2.10. The first-order valence-electron chi connectivity index (χ1n) is 7.02. The van der Waals surface area contributed by atoms with Crippen molar-refractivity contribution in [2.24, 2.45) is 5.92 Å². The molecule has 0 unspecified atom stereocenters. The SMILES string of the molecule is COc1cccc(COc2ncc(F)c(CC3CC3)n2)c1. The third kappa shape index (κ3) is 3.68. The molecular weight excluding hydrogens is 271 g/mol. The third-order valence-corrected chi connectivity index (χ3v) is 3.48. The van der Waals surface area contributed by atoms with Gasteiger partial charge in [0.2, 0.25) is 0 Å². The lowest BCUT2D eigenvalue weighted by atomic mass is 10.2. The number of rotatable bonds is 6. The summed E-state index contributed by atoms with van der Waals surface area (Å²) in [4.78, 5) is 8.06. The van der Waals surface area contributed by atoms with E-state index in [9.17, 15) is 4.39 Å². The van der Waals surface area contributed by atoms with Crippen molar-refractivity contribution >= 4 is 0 Å². The maximum atomic E-state index is 13.6. The molecule has 0 saturated heterocycles. The zero-order valence-electron chi connectivity index (χ0n) is 11.9. The molecule has 0 spiro atoms. The molecule has 1 aromatic carbocycles. The van der Waals surface area contributed by atoms with Crippen molar-refractivity contribution in [3.8, 4) is 11.8 Å². The van der Waals surface area contributed by atoms with Crippen LogP contribution in [0.2, 0.25) is 0 Å². The number of methoxy groups -OCH3 is 1. The molecule has 1 fully saturated rings. The molecule has 0 radical (unpaired) electrons. The second-order valence-electron chi connectivity index (χ2n) is 5.23. The van der Waals surface area contributed by atoms with E-state index in [1.807, 2.05) is 24.3 Å². The molecule has 0 aliphatic heterocycles. The summed E-state index contributed by atoms with van der Waals surface area (Å²) in [5, 5.41) is 0. The zero-order chi connectivity index (χ0) is 14.7. The van der Waals surface area contributed by atoms with E-state index in [4.69, 9.17) is 9.47 Å². The molecule has 0 bridgehead atoms. The summed E-state index contributed by atoms with van der Waals surface area (Å²) in [7, 11) is 1.62. The highest BCUT2D eigenvalue weighted by atomic mass is 19.1. The van der Waals surface area contributed by atoms with Crippen molar-refractivity contribution in [2.45, 2.75) is 25.9 Å². The van der Waals surface area contributed by atoms with Crippen molar-refractivity contribution < 1.29 is 13.9 Å². The lowest BCUT2D eigenvalue weighted by Crippen LogP contribution is -2.04. The van der Waals surface area contributed by atoms with Crippen LogP contribution in [0.4, 0.5) is 4.39 Å². The van der Waals surface area contributed by atoms with Gasteiger partial charge in [0.15, 0.2) is 5.82 Å². The Labute approximate surface area is 123 Å². The van der Waals surface area contributed by atoms with Gasteiger partial charge < -0.3 is 9.47 Å². The number of nitrogens with zero attached hydrogens (tertiary/aromatic N) is 2. The van der Waals surface area contributed by atoms with Gasteiger partial charge in [-0.25, -0.2) is 9.37 Å². The Morgan fingerprint density at radius 3 is 2.95 bits per heavy atom. The minimum absolute atomic E-state index is 0.217. The lowest BCUT2D eigenvalue weighted by Gasteiger charge is -2.08. The summed E-state index contributed by atoms with van der Waals surface area (Å²) >= 11 is 0. The molecule has 0 amide bonds. The van der Waals surface area contributed by atoms with Crippen LogP contribution >= 0.6 is 0 Å². The monoisotopic (exact) mass is 288 g/mol. The third-order valence-electron chi connectivity index (χ3n) is 3.48. The van der Waals surface area contributed by atoms with Gasteiger partial charge in [-0.3, -0.25) is 0 Å².